The molecular formula is C21H25ClN2O3. The molecule has 0 aromatic heterocycles. The number of halogens is 1. The molecule has 1 aliphatic rings. The quantitative estimate of drug-likeness (QED) is 0.528. The fourth-order valence-electron chi connectivity index (χ4n) is 3.23. The first-order valence-electron chi connectivity index (χ1n) is 9.12. The highest BCUT2D eigenvalue weighted by Crippen LogP contribution is 2.33. The Morgan fingerprint density at radius 3 is 2.59 bits per heavy atom. The van der Waals surface area contributed by atoms with Crippen molar-refractivity contribution in [2.24, 2.45) is 0 Å². The summed E-state index contributed by atoms with van der Waals surface area (Å²) in [7, 11) is 1.69. The summed E-state index contributed by atoms with van der Waals surface area (Å²) in [5.41, 5.74) is 2.00. The predicted octanol–water partition coefficient (Wildman–Crippen LogP) is 3.44. The maximum atomic E-state index is 12.9. The highest BCUT2D eigenvalue weighted by Gasteiger charge is 2.50. The number of ether oxygens (including phenoxy) is 2. The van der Waals surface area contributed by atoms with Gasteiger partial charge in [-0.3, -0.25) is 4.79 Å². The van der Waals surface area contributed by atoms with Crippen molar-refractivity contribution < 1.29 is 14.3 Å². The first-order chi connectivity index (χ1) is 13.1. The summed E-state index contributed by atoms with van der Waals surface area (Å²) in [6.45, 7) is 4.21. The van der Waals surface area contributed by atoms with E-state index in [-0.39, 0.29) is 11.9 Å². The van der Waals surface area contributed by atoms with E-state index in [4.69, 9.17) is 21.1 Å². The van der Waals surface area contributed by atoms with Crippen LogP contribution in [0.2, 0.25) is 5.02 Å². The van der Waals surface area contributed by atoms with Gasteiger partial charge in [0.1, 0.15) is 5.75 Å². The molecule has 6 heteroatoms. The zero-order chi connectivity index (χ0) is 19.2. The van der Waals surface area contributed by atoms with Crippen molar-refractivity contribution in [2.45, 2.75) is 25.5 Å². The number of anilines is 1. The van der Waals surface area contributed by atoms with E-state index in [1.54, 1.807) is 31.4 Å². The highest BCUT2D eigenvalue weighted by atomic mass is 35.5. The largest absolute Gasteiger partial charge is 0.478 e. The normalized spacial score (nSPS) is 19.1. The lowest BCUT2D eigenvalue weighted by Crippen LogP contribution is -2.70. The summed E-state index contributed by atoms with van der Waals surface area (Å²) in [5.74, 6) is 0.620. The fourth-order valence-corrected chi connectivity index (χ4v) is 3.35. The van der Waals surface area contributed by atoms with E-state index in [0.29, 0.717) is 23.9 Å². The second-order valence-corrected chi connectivity index (χ2v) is 7.04. The monoisotopic (exact) mass is 388 g/mol. The van der Waals surface area contributed by atoms with Crippen molar-refractivity contribution in [1.29, 1.82) is 0 Å². The van der Waals surface area contributed by atoms with Crippen LogP contribution in [-0.4, -0.2) is 44.9 Å². The molecule has 0 unspecified atom stereocenters. The minimum absolute atomic E-state index is 0.0251. The van der Waals surface area contributed by atoms with Crippen LogP contribution < -0.4 is 15.0 Å². The lowest BCUT2D eigenvalue weighted by molar-refractivity contribution is -0.134. The van der Waals surface area contributed by atoms with E-state index in [1.165, 1.54) is 0 Å². The van der Waals surface area contributed by atoms with Crippen LogP contribution in [0, 0.1) is 6.92 Å². The molecule has 1 saturated heterocycles. The molecule has 1 heterocycles. The smallest absolute Gasteiger partial charge is 0.270 e. The van der Waals surface area contributed by atoms with Crippen molar-refractivity contribution in [1.82, 2.24) is 5.32 Å². The molecule has 1 aliphatic heterocycles. The first kappa shape index (κ1) is 19.7. The number of β-lactam (4-membered cyclic amide) rings is 1. The van der Waals surface area contributed by atoms with Crippen molar-refractivity contribution in [2.75, 3.05) is 31.7 Å². The van der Waals surface area contributed by atoms with Gasteiger partial charge in [0, 0.05) is 31.0 Å². The van der Waals surface area contributed by atoms with Gasteiger partial charge in [-0.2, -0.15) is 0 Å². The molecule has 3 rings (SSSR count). The zero-order valence-corrected chi connectivity index (χ0v) is 16.4. The fraction of sp³-hybridized carbons (Fsp3) is 0.381. The number of methoxy groups -OCH3 is 1. The molecule has 2 atom stereocenters. The average molecular weight is 389 g/mol. The van der Waals surface area contributed by atoms with Crippen molar-refractivity contribution in [3.63, 3.8) is 0 Å². The van der Waals surface area contributed by atoms with Crippen LogP contribution in [0.4, 0.5) is 5.69 Å². The van der Waals surface area contributed by atoms with Crippen LogP contribution >= 0.6 is 11.6 Å². The molecule has 0 radical (unpaired) electrons. The van der Waals surface area contributed by atoms with Gasteiger partial charge in [0.15, 0.2) is 6.10 Å². The van der Waals surface area contributed by atoms with E-state index in [9.17, 15) is 4.79 Å². The number of carbonyl (C=O) groups is 1. The molecule has 1 amide bonds. The standard InChI is InChI=1S/C21H25ClN2O3/c1-15-6-3-4-7-18(15)24-19(14-23-12-5-13-26-2)20(21(24)25)27-17-10-8-16(22)9-11-17/h3-4,6-11,19-20,23H,5,12-14H2,1-2H3/t19-,20+/m1/s1. The molecule has 0 aliphatic carbocycles. The van der Waals surface area contributed by atoms with Crippen LogP contribution in [-0.2, 0) is 9.53 Å². The number of nitrogens with zero attached hydrogens (tertiary/aromatic N) is 1. The van der Waals surface area contributed by atoms with E-state index < -0.39 is 6.10 Å². The van der Waals surface area contributed by atoms with Crippen LogP contribution in [0.3, 0.4) is 0 Å². The zero-order valence-electron chi connectivity index (χ0n) is 15.7. The summed E-state index contributed by atoms with van der Waals surface area (Å²) in [4.78, 5) is 14.7. The number of aryl methyl sites for hydroxylation is 1. The van der Waals surface area contributed by atoms with Crippen LogP contribution in [0.15, 0.2) is 48.5 Å². The van der Waals surface area contributed by atoms with Gasteiger partial charge in [0.05, 0.1) is 6.04 Å². The summed E-state index contributed by atoms with van der Waals surface area (Å²) < 4.78 is 11.1. The number of carbonyl (C=O) groups excluding carboxylic acids is 1. The number of hydrogen-bond donors (Lipinski definition) is 1. The Hall–Kier alpha value is -2.08. The lowest BCUT2D eigenvalue weighted by Gasteiger charge is -2.47. The number of hydrogen-bond acceptors (Lipinski definition) is 4. The molecule has 27 heavy (non-hydrogen) atoms. The summed E-state index contributed by atoms with van der Waals surface area (Å²) in [5, 5.41) is 4.05. The van der Waals surface area contributed by atoms with E-state index in [2.05, 4.69) is 5.32 Å². The van der Waals surface area contributed by atoms with Gasteiger partial charge in [-0.15, -0.1) is 0 Å². The average Bonchev–Trinajstić information content (AvgIpc) is 2.67. The number of nitrogens with one attached hydrogen (secondary N) is 1. The third-order valence-corrected chi connectivity index (χ3v) is 4.92. The molecular weight excluding hydrogens is 364 g/mol. The Morgan fingerprint density at radius 1 is 1.15 bits per heavy atom. The molecule has 2 aromatic carbocycles. The molecule has 1 N–H and O–H groups in total. The molecule has 1 fully saturated rings. The third-order valence-electron chi connectivity index (χ3n) is 4.67. The Bertz CT molecular complexity index is 766. The molecule has 0 bridgehead atoms. The molecule has 2 aromatic rings. The number of rotatable bonds is 9. The lowest BCUT2D eigenvalue weighted by atomic mass is 9.95. The first-order valence-corrected chi connectivity index (χ1v) is 9.50. The summed E-state index contributed by atoms with van der Waals surface area (Å²) >= 11 is 5.93. The van der Waals surface area contributed by atoms with Gasteiger partial charge in [-0.1, -0.05) is 29.8 Å². The van der Waals surface area contributed by atoms with Crippen molar-refractivity contribution >= 4 is 23.2 Å². The highest BCUT2D eigenvalue weighted by molar-refractivity contribution is 6.30. The molecule has 0 saturated carbocycles. The van der Waals surface area contributed by atoms with Crippen LogP contribution in [0.25, 0.3) is 0 Å². The number of amides is 1. The van der Waals surface area contributed by atoms with Gasteiger partial charge in [0.25, 0.3) is 5.91 Å². The predicted molar refractivity (Wildman–Crippen MR) is 108 cm³/mol. The summed E-state index contributed by atoms with van der Waals surface area (Å²) in [6, 6.07) is 14.9. The van der Waals surface area contributed by atoms with Gasteiger partial charge in [-0.05, 0) is 55.8 Å². The minimum Gasteiger partial charge on any atom is -0.478 e. The van der Waals surface area contributed by atoms with Crippen LogP contribution in [0.5, 0.6) is 5.75 Å². The van der Waals surface area contributed by atoms with Crippen LogP contribution in [0.1, 0.15) is 12.0 Å². The molecule has 144 valence electrons. The topological polar surface area (TPSA) is 50.8 Å². The van der Waals surface area contributed by atoms with Gasteiger partial charge >= 0.3 is 0 Å². The molecule has 0 spiro atoms. The Kier molecular flexibility index (Phi) is 6.72. The van der Waals surface area contributed by atoms with E-state index in [0.717, 1.165) is 24.2 Å². The third kappa shape index (κ3) is 4.61. The number of benzene rings is 2. The maximum Gasteiger partial charge on any atom is 0.270 e. The van der Waals surface area contributed by atoms with Gasteiger partial charge < -0.3 is 19.7 Å². The van der Waals surface area contributed by atoms with Gasteiger partial charge in [0.2, 0.25) is 0 Å². The second-order valence-electron chi connectivity index (χ2n) is 6.60. The Morgan fingerprint density at radius 2 is 1.89 bits per heavy atom. The Balaban J connectivity index is 1.72. The second kappa shape index (κ2) is 9.22. The van der Waals surface area contributed by atoms with Gasteiger partial charge in [-0.25, -0.2) is 0 Å². The maximum absolute atomic E-state index is 12.9. The minimum atomic E-state index is -0.513. The Labute approximate surface area is 165 Å². The van der Waals surface area contributed by atoms with E-state index >= 15 is 0 Å². The van der Waals surface area contributed by atoms with Crippen molar-refractivity contribution in [3.05, 3.63) is 59.1 Å². The molecule has 5 nitrogen and oxygen atoms in total. The number of para-hydroxylation sites is 1. The SMILES string of the molecule is COCCCNC[C@@H]1[C@H](Oc2ccc(Cl)cc2)C(=O)N1c1ccccc1C. The van der Waals surface area contributed by atoms with E-state index in [1.807, 2.05) is 36.1 Å². The van der Waals surface area contributed by atoms with Crippen molar-refractivity contribution in [3.8, 4) is 5.75 Å². The summed E-state index contributed by atoms with van der Waals surface area (Å²) in [6.07, 6.45) is 0.408.